The van der Waals surface area contributed by atoms with Gasteiger partial charge in [0.2, 0.25) is 15.9 Å². The molecule has 1 aromatic rings. The smallest absolute Gasteiger partial charge is 0.244 e. The highest BCUT2D eigenvalue weighted by atomic mass is 32.2. The van der Waals surface area contributed by atoms with Gasteiger partial charge in [-0.3, -0.25) is 9.69 Å². The van der Waals surface area contributed by atoms with E-state index in [1.165, 1.54) is 16.4 Å². The maximum atomic E-state index is 12.9. The van der Waals surface area contributed by atoms with E-state index in [1.807, 2.05) is 13.0 Å². The average Bonchev–Trinajstić information content (AvgIpc) is 2.71. The van der Waals surface area contributed by atoms with E-state index in [1.54, 1.807) is 17.0 Å². The number of sulfonamides is 1. The summed E-state index contributed by atoms with van der Waals surface area (Å²) in [5.41, 5.74) is 0.141. The third kappa shape index (κ3) is 4.90. The molecule has 7 nitrogen and oxygen atoms in total. The van der Waals surface area contributed by atoms with Gasteiger partial charge >= 0.3 is 0 Å². The van der Waals surface area contributed by atoms with Gasteiger partial charge < -0.3 is 4.90 Å². The van der Waals surface area contributed by atoms with Crippen LogP contribution in [0.5, 0.6) is 0 Å². The number of carbonyl (C=O) groups excluding carboxylic acids is 1. The molecule has 0 aromatic heterocycles. The summed E-state index contributed by atoms with van der Waals surface area (Å²) >= 11 is 0. The predicted molar refractivity (Wildman–Crippen MR) is 108 cm³/mol. The van der Waals surface area contributed by atoms with Crippen LogP contribution in [-0.4, -0.2) is 73.7 Å². The summed E-state index contributed by atoms with van der Waals surface area (Å²) in [6.07, 6.45) is 0. The van der Waals surface area contributed by atoms with Gasteiger partial charge in [-0.2, -0.15) is 9.57 Å². The highest BCUT2D eigenvalue weighted by Gasteiger charge is 2.32. The fourth-order valence-corrected chi connectivity index (χ4v) is 4.90. The molecule has 0 spiro atoms. The minimum absolute atomic E-state index is 0.0280. The number of benzene rings is 1. The van der Waals surface area contributed by atoms with Crippen LogP contribution in [0.25, 0.3) is 0 Å². The fourth-order valence-electron chi connectivity index (χ4n) is 3.34. The molecule has 28 heavy (non-hydrogen) atoms. The summed E-state index contributed by atoms with van der Waals surface area (Å²) in [5.74, 6) is 0.485. The molecule has 8 heteroatoms. The lowest BCUT2D eigenvalue weighted by Gasteiger charge is -2.36. The second-order valence-corrected chi connectivity index (χ2v) is 9.35. The van der Waals surface area contributed by atoms with E-state index < -0.39 is 10.0 Å². The van der Waals surface area contributed by atoms with Crippen LogP contribution >= 0.6 is 0 Å². The molecule has 1 saturated heterocycles. The average molecular weight is 407 g/mol. The molecule has 0 bridgehead atoms. The van der Waals surface area contributed by atoms with E-state index >= 15 is 0 Å². The van der Waals surface area contributed by atoms with Crippen molar-refractivity contribution in [3.63, 3.8) is 0 Å². The molecule has 0 saturated carbocycles. The Labute approximate surface area is 168 Å². The molecular weight excluding hydrogens is 376 g/mol. The number of hydrogen-bond donors (Lipinski definition) is 0. The Morgan fingerprint density at radius 2 is 1.79 bits per heavy atom. The van der Waals surface area contributed by atoms with Gasteiger partial charge in [-0.05, 0) is 31.5 Å². The topological polar surface area (TPSA) is 84.7 Å². The summed E-state index contributed by atoms with van der Waals surface area (Å²) in [4.78, 5) is 16.6. The minimum Gasteiger partial charge on any atom is -0.339 e. The number of nitriles is 1. The van der Waals surface area contributed by atoms with E-state index in [2.05, 4.69) is 25.7 Å². The first-order valence-electron chi connectivity index (χ1n) is 9.73. The van der Waals surface area contributed by atoms with Crippen molar-refractivity contribution in [3.05, 3.63) is 29.8 Å². The highest BCUT2D eigenvalue weighted by molar-refractivity contribution is 7.89. The van der Waals surface area contributed by atoms with E-state index in [0.717, 1.165) is 6.54 Å². The quantitative estimate of drug-likeness (QED) is 0.689. The van der Waals surface area contributed by atoms with Gasteiger partial charge in [0.05, 0.1) is 17.0 Å². The van der Waals surface area contributed by atoms with Crippen molar-refractivity contribution in [1.82, 2.24) is 14.1 Å². The van der Waals surface area contributed by atoms with E-state index in [4.69, 9.17) is 0 Å². The molecule has 0 radical (unpaired) electrons. The maximum Gasteiger partial charge on any atom is 0.244 e. The summed E-state index contributed by atoms with van der Waals surface area (Å²) in [5, 5.41) is 9.20. The van der Waals surface area contributed by atoms with Crippen molar-refractivity contribution in [2.45, 2.75) is 38.6 Å². The number of hydrogen-bond acceptors (Lipinski definition) is 5. The van der Waals surface area contributed by atoms with Gasteiger partial charge in [0.15, 0.2) is 0 Å². The van der Waals surface area contributed by atoms with Crippen LogP contribution in [0.15, 0.2) is 29.2 Å². The van der Waals surface area contributed by atoms with Gasteiger partial charge in [-0.25, -0.2) is 8.42 Å². The van der Waals surface area contributed by atoms with Crippen molar-refractivity contribution in [2.75, 3.05) is 39.3 Å². The summed E-state index contributed by atoms with van der Waals surface area (Å²) in [7, 11) is -3.74. The van der Waals surface area contributed by atoms with E-state index in [-0.39, 0.29) is 29.5 Å². The van der Waals surface area contributed by atoms with Crippen LogP contribution in [0.3, 0.4) is 0 Å². The van der Waals surface area contributed by atoms with Crippen molar-refractivity contribution >= 4 is 15.9 Å². The molecule has 1 aromatic carbocycles. The Morgan fingerprint density at radius 3 is 2.32 bits per heavy atom. The Hall–Kier alpha value is -1.95. The highest BCUT2D eigenvalue weighted by Crippen LogP contribution is 2.21. The van der Waals surface area contributed by atoms with Gasteiger partial charge in [-0.1, -0.05) is 32.9 Å². The first-order chi connectivity index (χ1) is 13.2. The molecule has 1 atom stereocenters. The van der Waals surface area contributed by atoms with Gasteiger partial charge in [0, 0.05) is 32.2 Å². The van der Waals surface area contributed by atoms with E-state index in [9.17, 15) is 18.5 Å². The van der Waals surface area contributed by atoms with Crippen molar-refractivity contribution in [3.8, 4) is 6.07 Å². The van der Waals surface area contributed by atoms with Crippen LogP contribution in [0, 0.1) is 17.2 Å². The number of nitrogens with zero attached hydrogens (tertiary/aromatic N) is 4. The lowest BCUT2D eigenvalue weighted by molar-refractivity contribution is -0.134. The standard InChI is InChI=1S/C20H30N4O3S/c1-5-22(17(4)16(2)3)15-20(25)23-10-12-24(13-11-23)28(26,27)19-9-7-6-8-18(19)14-21/h6-9,16-17H,5,10-13,15H2,1-4H3. The summed E-state index contributed by atoms with van der Waals surface area (Å²) in [6.45, 7) is 10.8. The Bertz CT molecular complexity index is 824. The van der Waals surface area contributed by atoms with E-state index in [0.29, 0.717) is 31.6 Å². The Balaban J connectivity index is 2.02. The maximum absolute atomic E-state index is 12.9. The lowest BCUT2D eigenvalue weighted by atomic mass is 10.0. The van der Waals surface area contributed by atoms with Gasteiger partial charge in [0.1, 0.15) is 6.07 Å². The van der Waals surface area contributed by atoms with Crippen LogP contribution in [0.4, 0.5) is 0 Å². The SMILES string of the molecule is CCN(CC(=O)N1CCN(S(=O)(=O)c2ccccc2C#N)CC1)C(C)C(C)C. The molecule has 1 amide bonds. The monoisotopic (exact) mass is 406 g/mol. The third-order valence-electron chi connectivity index (χ3n) is 5.50. The first-order valence-corrected chi connectivity index (χ1v) is 11.2. The minimum atomic E-state index is -3.74. The molecule has 0 N–H and O–H groups in total. The molecule has 1 fully saturated rings. The third-order valence-corrected chi connectivity index (χ3v) is 7.46. The molecule has 2 rings (SSSR count). The molecule has 1 aliphatic heterocycles. The zero-order valence-electron chi connectivity index (χ0n) is 17.1. The molecular formula is C20H30N4O3S. The zero-order chi connectivity index (χ0) is 20.9. The van der Waals surface area contributed by atoms with Crippen LogP contribution < -0.4 is 0 Å². The second-order valence-electron chi connectivity index (χ2n) is 7.44. The zero-order valence-corrected chi connectivity index (χ0v) is 17.9. The van der Waals surface area contributed by atoms with Crippen LogP contribution in [-0.2, 0) is 14.8 Å². The van der Waals surface area contributed by atoms with Crippen LogP contribution in [0.2, 0.25) is 0 Å². The largest absolute Gasteiger partial charge is 0.339 e. The Kier molecular flexibility index (Phi) is 7.58. The first kappa shape index (κ1) is 22.3. The van der Waals surface area contributed by atoms with Gasteiger partial charge in [0.25, 0.3) is 0 Å². The van der Waals surface area contributed by atoms with Crippen LogP contribution in [0.1, 0.15) is 33.3 Å². The van der Waals surface area contributed by atoms with Crippen molar-refractivity contribution < 1.29 is 13.2 Å². The summed E-state index contributed by atoms with van der Waals surface area (Å²) < 4.78 is 27.2. The summed E-state index contributed by atoms with van der Waals surface area (Å²) in [6, 6.07) is 8.46. The molecule has 1 unspecified atom stereocenters. The van der Waals surface area contributed by atoms with Crippen molar-refractivity contribution in [2.24, 2.45) is 5.92 Å². The van der Waals surface area contributed by atoms with Gasteiger partial charge in [-0.15, -0.1) is 0 Å². The molecule has 1 heterocycles. The molecule has 154 valence electrons. The predicted octanol–water partition coefficient (Wildman–Crippen LogP) is 1.76. The normalized spacial score (nSPS) is 17.0. The second kappa shape index (κ2) is 9.50. The number of carbonyl (C=O) groups is 1. The number of amides is 1. The Morgan fingerprint density at radius 1 is 1.18 bits per heavy atom. The lowest BCUT2D eigenvalue weighted by Crippen LogP contribution is -2.53. The fraction of sp³-hybridized carbons (Fsp3) is 0.600. The molecule has 0 aliphatic carbocycles. The number of rotatable bonds is 7. The van der Waals surface area contributed by atoms with Crippen molar-refractivity contribution in [1.29, 1.82) is 5.26 Å². The number of piperazine rings is 1. The number of likely N-dealkylation sites (N-methyl/N-ethyl adjacent to an activating group) is 1. The molecule has 1 aliphatic rings.